The van der Waals surface area contributed by atoms with Gasteiger partial charge in [-0.1, -0.05) is 0 Å². The van der Waals surface area contributed by atoms with E-state index in [1.807, 2.05) is 0 Å². The number of halogens is 6. The van der Waals surface area contributed by atoms with Crippen molar-refractivity contribution < 1.29 is 36.9 Å². The average molecular weight is 246 g/mol. The zero-order valence-corrected chi connectivity index (χ0v) is 7.36. The molecule has 0 spiro atoms. The lowest BCUT2D eigenvalue weighted by Gasteiger charge is -2.11. The minimum atomic E-state index is -4.92. The number of hydrogen-bond donors (Lipinski definition) is 1. The highest BCUT2D eigenvalue weighted by Crippen LogP contribution is 2.37. The summed E-state index contributed by atoms with van der Waals surface area (Å²) in [6, 6.07) is 0.407. The Bertz CT molecular complexity index is 336. The van der Waals surface area contributed by atoms with Gasteiger partial charge in [0.1, 0.15) is 5.75 Å². The van der Waals surface area contributed by atoms with Crippen LogP contribution in [0.3, 0.4) is 0 Å². The normalized spacial score (nSPS) is 12.1. The Hall–Kier alpha value is -1.44. The molecule has 0 atom stereocenters. The van der Waals surface area contributed by atoms with Crippen LogP contribution in [0.1, 0.15) is 11.1 Å². The van der Waals surface area contributed by atoms with Crippen molar-refractivity contribution in [3.8, 4) is 5.75 Å². The van der Waals surface area contributed by atoms with Crippen molar-refractivity contribution >= 4 is 0 Å². The van der Waals surface area contributed by atoms with Gasteiger partial charge in [0.2, 0.25) is 0 Å². The molecule has 1 aromatic carbocycles. The van der Waals surface area contributed by atoms with Crippen LogP contribution < -0.4 is 0 Å². The van der Waals surface area contributed by atoms with E-state index in [4.69, 9.17) is 5.11 Å². The maximum Gasteiger partial charge on any atom is 0.416 e. The van der Waals surface area contributed by atoms with Gasteiger partial charge in [-0.05, 0) is 18.2 Å². The summed E-state index contributed by atoms with van der Waals surface area (Å²) < 4.78 is 72.3. The fourth-order valence-corrected chi connectivity index (χ4v) is 0.939. The van der Waals surface area contributed by atoms with E-state index < -0.39 is 29.2 Å². The maximum absolute atomic E-state index is 12.1. The Labute approximate surface area is 85.4 Å². The zero-order valence-electron chi connectivity index (χ0n) is 7.36. The molecule has 2 radical (unpaired) electrons. The van der Waals surface area contributed by atoms with Gasteiger partial charge in [-0.2, -0.15) is 26.3 Å². The van der Waals surface area contributed by atoms with Gasteiger partial charge >= 0.3 is 12.4 Å². The highest BCUT2D eigenvalue weighted by molar-refractivity contribution is 5.36. The second-order valence-corrected chi connectivity index (χ2v) is 2.76. The van der Waals surface area contributed by atoms with Crippen molar-refractivity contribution in [3.63, 3.8) is 0 Å². The molecular formula is C8H4F6O2. The third-order valence-electron chi connectivity index (χ3n) is 1.57. The van der Waals surface area contributed by atoms with Crippen LogP contribution in [0.4, 0.5) is 26.3 Å². The lowest BCUT2D eigenvalue weighted by atomic mass is 10.1. The third kappa shape index (κ3) is 3.30. The number of aromatic hydroxyl groups is 1. The minimum absolute atomic E-state index is 0. The van der Waals surface area contributed by atoms with E-state index in [1.54, 1.807) is 0 Å². The molecule has 0 fully saturated rings. The molecule has 90 valence electrons. The molecule has 0 aliphatic heterocycles. The maximum atomic E-state index is 12.1. The molecule has 0 heterocycles. The summed E-state index contributed by atoms with van der Waals surface area (Å²) in [6.45, 7) is 0. The molecule has 0 aliphatic carbocycles. The third-order valence-corrected chi connectivity index (χ3v) is 1.57. The highest BCUT2D eigenvalue weighted by Gasteiger charge is 2.36. The smallest absolute Gasteiger partial charge is 0.416 e. The molecule has 2 nitrogen and oxygen atoms in total. The van der Waals surface area contributed by atoms with E-state index in [-0.39, 0.29) is 23.7 Å². The van der Waals surface area contributed by atoms with Crippen LogP contribution in [0.5, 0.6) is 5.75 Å². The van der Waals surface area contributed by atoms with Crippen molar-refractivity contribution in [1.82, 2.24) is 0 Å². The minimum Gasteiger partial charge on any atom is -0.508 e. The van der Waals surface area contributed by atoms with Gasteiger partial charge in [-0.3, -0.25) is 0 Å². The molecule has 0 aliphatic rings. The molecule has 0 saturated carbocycles. The summed E-state index contributed by atoms with van der Waals surface area (Å²) in [4.78, 5) is 0. The molecule has 0 amide bonds. The fourth-order valence-electron chi connectivity index (χ4n) is 0.939. The van der Waals surface area contributed by atoms with Gasteiger partial charge in [0, 0.05) is 5.48 Å². The van der Waals surface area contributed by atoms with Gasteiger partial charge < -0.3 is 5.11 Å². The molecule has 1 rings (SSSR count). The first-order chi connectivity index (χ1) is 6.60. The van der Waals surface area contributed by atoms with Crippen LogP contribution in [0.25, 0.3) is 0 Å². The SMILES string of the molecule is Oc1cc(C(F)(F)F)cc(C(F)(F)F)c1.[O]. The van der Waals surface area contributed by atoms with Crippen LogP contribution in [-0.4, -0.2) is 5.11 Å². The molecule has 16 heavy (non-hydrogen) atoms. The van der Waals surface area contributed by atoms with Crippen molar-refractivity contribution in [2.24, 2.45) is 0 Å². The number of rotatable bonds is 0. The van der Waals surface area contributed by atoms with E-state index in [1.165, 1.54) is 0 Å². The molecule has 0 saturated heterocycles. The second kappa shape index (κ2) is 4.20. The molecular weight excluding hydrogens is 242 g/mol. The monoisotopic (exact) mass is 246 g/mol. The summed E-state index contributed by atoms with van der Waals surface area (Å²) in [6.07, 6.45) is -9.84. The summed E-state index contributed by atoms with van der Waals surface area (Å²) in [7, 11) is 0. The van der Waals surface area contributed by atoms with Crippen molar-refractivity contribution in [2.75, 3.05) is 0 Å². The predicted molar refractivity (Wildman–Crippen MR) is 38.8 cm³/mol. The van der Waals surface area contributed by atoms with Crippen molar-refractivity contribution in [3.05, 3.63) is 29.3 Å². The number of phenols is 1. The van der Waals surface area contributed by atoms with Crippen LogP contribution >= 0.6 is 0 Å². The Kier molecular flexibility index (Phi) is 3.82. The zero-order chi connectivity index (χ0) is 11.9. The molecule has 1 N–H and O–H groups in total. The summed E-state index contributed by atoms with van der Waals surface area (Å²) in [5.41, 5.74) is -3.07. The number of phenolic OH excluding ortho intramolecular Hbond substituents is 1. The van der Waals surface area contributed by atoms with Gasteiger partial charge in [0.05, 0.1) is 11.1 Å². The molecule has 0 unspecified atom stereocenters. The van der Waals surface area contributed by atoms with E-state index in [9.17, 15) is 26.3 Å². The predicted octanol–water partition coefficient (Wildman–Crippen LogP) is 3.31. The lowest BCUT2D eigenvalue weighted by molar-refractivity contribution is -0.143. The van der Waals surface area contributed by atoms with Crippen molar-refractivity contribution in [2.45, 2.75) is 12.4 Å². The first kappa shape index (κ1) is 14.6. The largest absolute Gasteiger partial charge is 0.508 e. The quantitative estimate of drug-likeness (QED) is 0.701. The van der Waals surface area contributed by atoms with E-state index in [2.05, 4.69) is 0 Å². The molecule has 8 heteroatoms. The van der Waals surface area contributed by atoms with Crippen LogP contribution in [-0.2, 0) is 17.8 Å². The standard InChI is InChI=1S/C8H4F6O.O/c9-7(10,11)4-1-5(8(12,13)14)3-6(15)2-4;/h1-3,15H;. The van der Waals surface area contributed by atoms with Gasteiger partial charge in [-0.25, -0.2) is 0 Å². The Morgan fingerprint density at radius 2 is 1.06 bits per heavy atom. The molecule has 0 bridgehead atoms. The van der Waals surface area contributed by atoms with E-state index >= 15 is 0 Å². The fraction of sp³-hybridized carbons (Fsp3) is 0.250. The Balaban J connectivity index is 0.00000225. The van der Waals surface area contributed by atoms with Gasteiger partial charge in [0.25, 0.3) is 0 Å². The summed E-state index contributed by atoms with van der Waals surface area (Å²) in [5.74, 6) is -1.07. The first-order valence-corrected chi connectivity index (χ1v) is 3.59. The topological polar surface area (TPSA) is 48.7 Å². The Morgan fingerprint density at radius 1 is 0.750 bits per heavy atom. The number of hydrogen-bond acceptors (Lipinski definition) is 1. The Morgan fingerprint density at radius 3 is 1.31 bits per heavy atom. The summed E-state index contributed by atoms with van der Waals surface area (Å²) >= 11 is 0. The second-order valence-electron chi connectivity index (χ2n) is 2.76. The van der Waals surface area contributed by atoms with Crippen LogP contribution in [0.2, 0.25) is 0 Å². The number of benzene rings is 1. The van der Waals surface area contributed by atoms with Gasteiger partial charge in [-0.15, -0.1) is 0 Å². The summed E-state index contributed by atoms with van der Waals surface area (Å²) in [5, 5.41) is 8.72. The van der Waals surface area contributed by atoms with E-state index in [0.717, 1.165) is 0 Å². The van der Waals surface area contributed by atoms with E-state index in [0.29, 0.717) is 0 Å². The average Bonchev–Trinajstić information content (AvgIpc) is 1.99. The molecule has 0 aromatic heterocycles. The van der Waals surface area contributed by atoms with Crippen molar-refractivity contribution in [1.29, 1.82) is 0 Å². The van der Waals surface area contributed by atoms with Crippen LogP contribution in [0.15, 0.2) is 18.2 Å². The lowest BCUT2D eigenvalue weighted by Crippen LogP contribution is -2.10. The highest BCUT2D eigenvalue weighted by atomic mass is 19.4. The van der Waals surface area contributed by atoms with Crippen LogP contribution in [0, 0.1) is 0 Å². The number of alkyl halides is 6. The molecule has 1 aromatic rings. The first-order valence-electron chi connectivity index (χ1n) is 3.59. The van der Waals surface area contributed by atoms with Gasteiger partial charge in [0.15, 0.2) is 0 Å².